The van der Waals surface area contributed by atoms with Crippen LogP contribution in [0.4, 0.5) is 0 Å². The second kappa shape index (κ2) is 87400. The van der Waals surface area contributed by atoms with Gasteiger partial charge in [0.1, 0.15) is 0 Å². The van der Waals surface area contributed by atoms with E-state index in [2.05, 4.69) is 57.4 Å². The van der Waals surface area contributed by atoms with Crippen LogP contribution in [0.3, 0.4) is 0 Å². The normalized spacial score (nSPS) is 3.09. The largest absolute Gasteiger partial charge is 0.388 e. The van der Waals surface area contributed by atoms with Crippen molar-refractivity contribution in [2.75, 3.05) is 14.2 Å². The van der Waals surface area contributed by atoms with E-state index in [1.165, 1.54) is 0 Å². The second-order valence-corrected chi connectivity index (χ2v) is 0.408. The summed E-state index contributed by atoms with van der Waals surface area (Å²) in [4.78, 5) is 0. The summed E-state index contributed by atoms with van der Waals surface area (Å²) in [6.07, 6.45) is 0. The Balaban J connectivity index is -0.0000000139. The Morgan fingerprint density at radius 3 is 0.545 bits per heavy atom. The summed E-state index contributed by atoms with van der Waals surface area (Å²) in [5, 5.41) is 0. The topological polar surface area (TPSA) is 9.23 Å². The first-order valence-corrected chi connectivity index (χ1v) is 2.82. The highest BCUT2D eigenvalue weighted by Gasteiger charge is 1.25. The molecule has 1 nitrogen and oxygen atoms in total. The molecular formula is C10H22O. The van der Waals surface area contributed by atoms with Gasteiger partial charge in [-0.3, -0.25) is 0 Å². The SMILES string of the molecule is C=C.C=C.C=C.C=C.COC. The Kier molecular flexibility index (Phi) is 259000. The lowest BCUT2D eigenvalue weighted by Crippen LogP contribution is -1.55. The molecule has 0 rings (SSSR count). The summed E-state index contributed by atoms with van der Waals surface area (Å²) in [5.41, 5.74) is 0. The molecule has 11 heavy (non-hydrogen) atoms. The molecule has 0 amide bonds. The molecule has 1 heteroatoms. The zero-order valence-electron chi connectivity index (χ0n) is 8.07. The van der Waals surface area contributed by atoms with Gasteiger partial charge in [0.25, 0.3) is 0 Å². The molecular weight excluding hydrogens is 136 g/mol. The lowest BCUT2D eigenvalue weighted by molar-refractivity contribution is 0.277. The minimum absolute atomic E-state index is 1.62. The van der Waals surface area contributed by atoms with E-state index in [0.29, 0.717) is 0 Å². The lowest BCUT2D eigenvalue weighted by atomic mass is 11.3. The highest BCUT2D eigenvalue weighted by atomic mass is 16.4. The summed E-state index contributed by atoms with van der Waals surface area (Å²) in [5.74, 6) is 0. The van der Waals surface area contributed by atoms with Crippen LogP contribution in [0.15, 0.2) is 52.6 Å². The van der Waals surface area contributed by atoms with Crippen LogP contribution >= 0.6 is 0 Å². The number of rotatable bonds is 0. The lowest BCUT2D eigenvalue weighted by Gasteiger charge is -1.61. The maximum absolute atomic E-state index is 4.25. The predicted molar refractivity (Wildman–Crippen MR) is 57.9 cm³/mol. The van der Waals surface area contributed by atoms with Gasteiger partial charge in [-0.05, 0) is 0 Å². The van der Waals surface area contributed by atoms with Crippen LogP contribution in [0.1, 0.15) is 0 Å². The van der Waals surface area contributed by atoms with Crippen molar-refractivity contribution in [2.24, 2.45) is 0 Å². The molecule has 0 aromatic carbocycles. The maximum Gasteiger partial charge on any atom is 0.0351 e. The molecule has 0 heterocycles. The zero-order valence-corrected chi connectivity index (χ0v) is 8.07. The fourth-order valence-corrected chi connectivity index (χ4v) is 0. The molecule has 0 aliphatic rings. The monoisotopic (exact) mass is 158 g/mol. The van der Waals surface area contributed by atoms with Crippen LogP contribution in [0, 0.1) is 0 Å². The molecule has 0 unspecified atom stereocenters. The van der Waals surface area contributed by atoms with E-state index >= 15 is 0 Å². The fourth-order valence-electron chi connectivity index (χ4n) is 0. The van der Waals surface area contributed by atoms with Crippen molar-refractivity contribution in [1.29, 1.82) is 0 Å². The smallest absolute Gasteiger partial charge is 0.0351 e. The van der Waals surface area contributed by atoms with Crippen molar-refractivity contribution < 1.29 is 4.74 Å². The van der Waals surface area contributed by atoms with Crippen LogP contribution in [0.2, 0.25) is 0 Å². The molecule has 68 valence electrons. The minimum Gasteiger partial charge on any atom is -0.388 e. The van der Waals surface area contributed by atoms with Gasteiger partial charge in [0.2, 0.25) is 0 Å². The Labute approximate surface area is 72.4 Å². The van der Waals surface area contributed by atoms with E-state index < -0.39 is 0 Å². The van der Waals surface area contributed by atoms with Crippen molar-refractivity contribution in [3.8, 4) is 0 Å². The first-order chi connectivity index (χ1) is 5.41. The summed E-state index contributed by atoms with van der Waals surface area (Å²) < 4.78 is 4.25. The van der Waals surface area contributed by atoms with Crippen LogP contribution in [0.5, 0.6) is 0 Å². The molecule has 0 radical (unpaired) electrons. The Hall–Kier alpha value is -1.08. The third-order valence-corrected chi connectivity index (χ3v) is 0. The van der Waals surface area contributed by atoms with Crippen LogP contribution < -0.4 is 0 Å². The number of methoxy groups -OCH3 is 1. The van der Waals surface area contributed by atoms with Crippen molar-refractivity contribution in [3.63, 3.8) is 0 Å². The maximum atomic E-state index is 4.25. The average molecular weight is 158 g/mol. The van der Waals surface area contributed by atoms with Crippen molar-refractivity contribution in [1.82, 2.24) is 0 Å². The third-order valence-electron chi connectivity index (χ3n) is 0. The summed E-state index contributed by atoms with van der Waals surface area (Å²) in [6, 6.07) is 0. The Morgan fingerprint density at radius 2 is 0.545 bits per heavy atom. The van der Waals surface area contributed by atoms with Gasteiger partial charge in [-0.2, -0.15) is 0 Å². The minimum atomic E-state index is 1.62. The quantitative estimate of drug-likeness (QED) is 0.490. The van der Waals surface area contributed by atoms with Gasteiger partial charge in [-0.15, -0.1) is 52.6 Å². The molecule has 0 N–H and O–H groups in total. The van der Waals surface area contributed by atoms with E-state index in [-0.39, 0.29) is 0 Å². The van der Waals surface area contributed by atoms with Gasteiger partial charge in [0.05, 0.1) is 0 Å². The Morgan fingerprint density at radius 1 is 0.545 bits per heavy atom. The van der Waals surface area contributed by atoms with E-state index in [0.717, 1.165) is 0 Å². The molecule has 0 aromatic rings. The number of hydrogen-bond donors (Lipinski definition) is 0. The van der Waals surface area contributed by atoms with Crippen LogP contribution in [-0.2, 0) is 4.74 Å². The van der Waals surface area contributed by atoms with E-state index in [1.54, 1.807) is 14.2 Å². The van der Waals surface area contributed by atoms with Gasteiger partial charge in [-0.1, -0.05) is 0 Å². The van der Waals surface area contributed by atoms with Crippen molar-refractivity contribution in [2.45, 2.75) is 0 Å². The third kappa shape index (κ3) is 366. The van der Waals surface area contributed by atoms with E-state index in [4.69, 9.17) is 0 Å². The number of hydrogen-bond acceptors (Lipinski definition) is 1. The summed E-state index contributed by atoms with van der Waals surface area (Å²) in [7, 11) is 3.25. The molecule has 0 atom stereocenters. The standard InChI is InChI=1S/C2H6O.4C2H4/c1-3-2;4*1-2/h1-2H3;4*1-2H2. The molecule has 0 fully saturated rings. The molecule has 0 bridgehead atoms. The number of ether oxygens (including phenoxy) is 1. The highest BCUT2D eigenvalue weighted by Crippen LogP contribution is 1.28. The summed E-state index contributed by atoms with van der Waals surface area (Å²) >= 11 is 0. The molecule has 0 aliphatic carbocycles. The average Bonchev–Trinajstić information content (AvgIpc) is 2.18. The second-order valence-electron chi connectivity index (χ2n) is 0.408. The first kappa shape index (κ1) is 32.6. The van der Waals surface area contributed by atoms with Crippen molar-refractivity contribution >= 4 is 0 Å². The van der Waals surface area contributed by atoms with Gasteiger partial charge >= 0.3 is 0 Å². The zero-order chi connectivity index (χ0) is 10.7. The Bertz CT molecular complexity index is 20.1. The van der Waals surface area contributed by atoms with Crippen LogP contribution in [0.25, 0.3) is 0 Å². The first-order valence-electron chi connectivity index (χ1n) is 2.82. The van der Waals surface area contributed by atoms with Crippen LogP contribution in [-0.4, -0.2) is 14.2 Å². The van der Waals surface area contributed by atoms with Gasteiger partial charge in [-0.25, -0.2) is 0 Å². The van der Waals surface area contributed by atoms with Gasteiger partial charge < -0.3 is 4.74 Å². The molecule has 0 saturated carbocycles. The molecule has 0 saturated heterocycles. The molecule has 0 aromatic heterocycles. The molecule has 0 aliphatic heterocycles. The summed E-state index contributed by atoms with van der Waals surface area (Å²) in [6.45, 7) is 24.0. The van der Waals surface area contributed by atoms with E-state index in [1.807, 2.05) is 0 Å². The fraction of sp³-hybridized carbons (Fsp3) is 0.200. The van der Waals surface area contributed by atoms with E-state index in [9.17, 15) is 0 Å². The highest BCUT2D eigenvalue weighted by molar-refractivity contribution is 4.23. The van der Waals surface area contributed by atoms with Gasteiger partial charge in [0.15, 0.2) is 0 Å². The van der Waals surface area contributed by atoms with Gasteiger partial charge in [0, 0.05) is 14.2 Å². The molecule has 0 spiro atoms. The van der Waals surface area contributed by atoms with Crippen molar-refractivity contribution in [3.05, 3.63) is 52.6 Å². The predicted octanol–water partition coefficient (Wildman–Crippen LogP) is 3.47.